The average molecular weight is 292 g/mol. The number of carbonyl (C=O) groups is 1. The van der Waals surface area contributed by atoms with Gasteiger partial charge in [0.1, 0.15) is 0 Å². The lowest BCUT2D eigenvalue weighted by Gasteiger charge is -2.34. The Kier molecular flexibility index (Phi) is 4.60. The second-order valence-electron chi connectivity index (χ2n) is 6.05. The van der Waals surface area contributed by atoms with Crippen molar-refractivity contribution in [1.29, 1.82) is 0 Å². The third-order valence-corrected chi connectivity index (χ3v) is 4.54. The predicted octanol–water partition coefficient (Wildman–Crippen LogP) is 2.04. The van der Waals surface area contributed by atoms with Gasteiger partial charge in [0.25, 0.3) is 5.91 Å². The fourth-order valence-corrected chi connectivity index (χ4v) is 3.28. The van der Waals surface area contributed by atoms with Crippen molar-refractivity contribution < 1.29 is 13.9 Å². The molecule has 3 rings (SSSR count). The van der Waals surface area contributed by atoms with E-state index in [1.165, 1.54) is 6.42 Å². The summed E-state index contributed by atoms with van der Waals surface area (Å²) in [7, 11) is 0. The number of carbonyl (C=O) groups excluding carboxylic acids is 1. The van der Waals surface area contributed by atoms with Crippen LogP contribution in [0.25, 0.3) is 0 Å². The second kappa shape index (κ2) is 6.62. The van der Waals surface area contributed by atoms with Crippen LogP contribution in [-0.2, 0) is 4.74 Å². The van der Waals surface area contributed by atoms with Gasteiger partial charge >= 0.3 is 0 Å². The Morgan fingerprint density at radius 3 is 2.81 bits per heavy atom. The SMILES string of the molecule is CC(NC1CCN(C(=O)c2ccco2)CC1)C1CCCO1. The number of piperidine rings is 1. The van der Waals surface area contributed by atoms with E-state index < -0.39 is 0 Å². The Morgan fingerprint density at radius 2 is 2.19 bits per heavy atom. The van der Waals surface area contributed by atoms with Crippen molar-refractivity contribution >= 4 is 5.91 Å². The molecule has 5 heteroatoms. The summed E-state index contributed by atoms with van der Waals surface area (Å²) in [6.45, 7) is 4.67. The molecule has 2 atom stereocenters. The van der Waals surface area contributed by atoms with Crippen molar-refractivity contribution in [2.75, 3.05) is 19.7 Å². The number of nitrogens with zero attached hydrogens (tertiary/aromatic N) is 1. The molecule has 3 heterocycles. The maximum atomic E-state index is 12.2. The van der Waals surface area contributed by atoms with Gasteiger partial charge in [0.15, 0.2) is 5.76 Å². The van der Waals surface area contributed by atoms with E-state index in [1.54, 1.807) is 18.4 Å². The summed E-state index contributed by atoms with van der Waals surface area (Å²) < 4.78 is 10.9. The van der Waals surface area contributed by atoms with Gasteiger partial charge in [-0.3, -0.25) is 4.79 Å². The van der Waals surface area contributed by atoms with E-state index in [0.717, 1.165) is 39.0 Å². The molecule has 1 aromatic heterocycles. The fourth-order valence-electron chi connectivity index (χ4n) is 3.28. The first kappa shape index (κ1) is 14.6. The van der Waals surface area contributed by atoms with Gasteiger partial charge in [-0.25, -0.2) is 0 Å². The monoisotopic (exact) mass is 292 g/mol. The standard InChI is InChI=1S/C16H24N2O3/c1-12(14-4-2-10-20-14)17-13-6-8-18(9-7-13)16(19)15-5-3-11-21-15/h3,5,11-14,17H,2,4,6-10H2,1H3. The van der Waals surface area contributed by atoms with Gasteiger partial charge in [0.2, 0.25) is 0 Å². The molecule has 0 saturated carbocycles. The van der Waals surface area contributed by atoms with E-state index in [4.69, 9.17) is 9.15 Å². The predicted molar refractivity (Wildman–Crippen MR) is 79.2 cm³/mol. The molecule has 116 valence electrons. The summed E-state index contributed by atoms with van der Waals surface area (Å²) in [5, 5.41) is 3.67. The smallest absolute Gasteiger partial charge is 0.289 e. The van der Waals surface area contributed by atoms with Gasteiger partial charge in [0.05, 0.1) is 12.4 Å². The molecule has 21 heavy (non-hydrogen) atoms. The van der Waals surface area contributed by atoms with Crippen LogP contribution < -0.4 is 5.32 Å². The van der Waals surface area contributed by atoms with E-state index in [0.29, 0.717) is 23.9 Å². The van der Waals surface area contributed by atoms with Crippen molar-refractivity contribution in [1.82, 2.24) is 10.2 Å². The molecule has 2 aliphatic rings. The highest BCUT2D eigenvalue weighted by molar-refractivity contribution is 5.91. The summed E-state index contributed by atoms with van der Waals surface area (Å²) in [6, 6.07) is 4.35. The van der Waals surface area contributed by atoms with E-state index in [-0.39, 0.29) is 5.91 Å². The van der Waals surface area contributed by atoms with Crippen LogP contribution in [0.3, 0.4) is 0 Å². The largest absolute Gasteiger partial charge is 0.459 e. The summed E-state index contributed by atoms with van der Waals surface area (Å²) in [5.74, 6) is 0.444. The van der Waals surface area contributed by atoms with Crippen LogP contribution in [0.2, 0.25) is 0 Å². The number of rotatable bonds is 4. The Hall–Kier alpha value is -1.33. The highest BCUT2D eigenvalue weighted by atomic mass is 16.5. The average Bonchev–Trinajstić information content (AvgIpc) is 3.20. The van der Waals surface area contributed by atoms with Crippen molar-refractivity contribution in [3.05, 3.63) is 24.2 Å². The number of ether oxygens (including phenoxy) is 1. The van der Waals surface area contributed by atoms with Crippen LogP contribution in [-0.4, -0.2) is 48.7 Å². The van der Waals surface area contributed by atoms with Crippen LogP contribution in [0, 0.1) is 0 Å². The number of likely N-dealkylation sites (tertiary alicyclic amines) is 1. The molecule has 1 N–H and O–H groups in total. The lowest BCUT2D eigenvalue weighted by atomic mass is 10.0. The molecule has 2 fully saturated rings. The highest BCUT2D eigenvalue weighted by Crippen LogP contribution is 2.19. The van der Waals surface area contributed by atoms with Crippen molar-refractivity contribution in [2.45, 2.75) is 50.8 Å². The minimum Gasteiger partial charge on any atom is -0.459 e. The Morgan fingerprint density at radius 1 is 1.38 bits per heavy atom. The maximum absolute atomic E-state index is 12.2. The first-order chi connectivity index (χ1) is 10.2. The Balaban J connectivity index is 1.45. The minimum absolute atomic E-state index is 0.00521. The molecule has 0 bridgehead atoms. The zero-order chi connectivity index (χ0) is 14.7. The first-order valence-electron chi connectivity index (χ1n) is 7.94. The molecule has 1 amide bonds. The van der Waals surface area contributed by atoms with Gasteiger partial charge in [-0.2, -0.15) is 0 Å². The molecule has 2 unspecified atom stereocenters. The van der Waals surface area contributed by atoms with Crippen molar-refractivity contribution in [2.24, 2.45) is 0 Å². The molecular weight excluding hydrogens is 268 g/mol. The molecule has 2 saturated heterocycles. The van der Waals surface area contributed by atoms with Crippen molar-refractivity contribution in [3.63, 3.8) is 0 Å². The van der Waals surface area contributed by atoms with Gasteiger partial charge in [-0.1, -0.05) is 0 Å². The Bertz CT molecular complexity index is 446. The van der Waals surface area contributed by atoms with Gasteiger partial charge in [-0.05, 0) is 44.7 Å². The van der Waals surface area contributed by atoms with Gasteiger partial charge in [-0.15, -0.1) is 0 Å². The van der Waals surface area contributed by atoms with Crippen LogP contribution in [0.1, 0.15) is 43.2 Å². The van der Waals surface area contributed by atoms with Crippen LogP contribution in [0.15, 0.2) is 22.8 Å². The van der Waals surface area contributed by atoms with E-state index in [1.807, 2.05) is 4.90 Å². The van der Waals surface area contributed by atoms with Crippen LogP contribution in [0.4, 0.5) is 0 Å². The number of hydrogen-bond donors (Lipinski definition) is 1. The Labute approximate surface area is 125 Å². The normalized spacial score (nSPS) is 25.2. The van der Waals surface area contributed by atoms with Crippen molar-refractivity contribution in [3.8, 4) is 0 Å². The number of nitrogens with one attached hydrogen (secondary N) is 1. The summed E-state index contributed by atoms with van der Waals surface area (Å²) in [5.41, 5.74) is 0. The zero-order valence-electron chi connectivity index (χ0n) is 12.6. The van der Waals surface area contributed by atoms with E-state index in [2.05, 4.69) is 12.2 Å². The number of hydrogen-bond acceptors (Lipinski definition) is 4. The number of amides is 1. The van der Waals surface area contributed by atoms with E-state index >= 15 is 0 Å². The molecule has 5 nitrogen and oxygen atoms in total. The third kappa shape index (κ3) is 3.47. The van der Waals surface area contributed by atoms with E-state index in [9.17, 15) is 4.79 Å². The summed E-state index contributed by atoms with van der Waals surface area (Å²) >= 11 is 0. The van der Waals surface area contributed by atoms with Gasteiger partial charge in [0, 0.05) is 31.8 Å². The molecule has 2 aliphatic heterocycles. The lowest BCUT2D eigenvalue weighted by Crippen LogP contribution is -2.49. The highest BCUT2D eigenvalue weighted by Gasteiger charge is 2.28. The minimum atomic E-state index is 0.00521. The third-order valence-electron chi connectivity index (χ3n) is 4.54. The number of furan rings is 1. The van der Waals surface area contributed by atoms with Crippen LogP contribution >= 0.6 is 0 Å². The molecule has 0 aromatic carbocycles. The molecule has 1 aromatic rings. The molecule has 0 aliphatic carbocycles. The molecular formula is C16H24N2O3. The molecule has 0 spiro atoms. The zero-order valence-corrected chi connectivity index (χ0v) is 12.6. The second-order valence-corrected chi connectivity index (χ2v) is 6.05. The van der Waals surface area contributed by atoms with Crippen LogP contribution in [0.5, 0.6) is 0 Å². The lowest BCUT2D eigenvalue weighted by molar-refractivity contribution is 0.0612. The molecule has 0 radical (unpaired) electrons. The summed E-state index contributed by atoms with van der Waals surface area (Å²) in [4.78, 5) is 14.1. The topological polar surface area (TPSA) is 54.7 Å². The quantitative estimate of drug-likeness (QED) is 0.922. The maximum Gasteiger partial charge on any atom is 0.289 e. The fraction of sp³-hybridized carbons (Fsp3) is 0.688. The van der Waals surface area contributed by atoms with Gasteiger partial charge < -0.3 is 19.4 Å². The first-order valence-corrected chi connectivity index (χ1v) is 7.94. The summed E-state index contributed by atoms with van der Waals surface area (Å²) in [6.07, 6.45) is 6.21.